The van der Waals surface area contributed by atoms with Gasteiger partial charge in [-0.15, -0.1) is 11.3 Å². The van der Waals surface area contributed by atoms with E-state index < -0.39 is 16.0 Å². The molecule has 0 N–H and O–H groups in total. The zero-order valence-electron chi connectivity index (χ0n) is 15.5. The van der Waals surface area contributed by atoms with Gasteiger partial charge in [-0.2, -0.15) is 0 Å². The molecular formula is C19H17FN2O5S2. The van der Waals surface area contributed by atoms with E-state index >= 15 is 0 Å². The number of esters is 1. The molecular weight excluding hydrogens is 419 g/mol. The Balaban J connectivity index is 1.69. The van der Waals surface area contributed by atoms with Crippen LogP contribution in [-0.2, 0) is 26.2 Å². The molecule has 152 valence electrons. The van der Waals surface area contributed by atoms with Gasteiger partial charge in [0.2, 0.25) is 0 Å². The van der Waals surface area contributed by atoms with E-state index in [1.165, 1.54) is 61.9 Å². The molecule has 0 unspecified atom stereocenters. The van der Waals surface area contributed by atoms with E-state index in [2.05, 4.69) is 4.98 Å². The molecule has 0 amide bonds. The predicted octanol–water partition coefficient (Wildman–Crippen LogP) is 3.49. The first-order valence-electron chi connectivity index (χ1n) is 8.32. The Morgan fingerprint density at radius 2 is 1.93 bits per heavy atom. The van der Waals surface area contributed by atoms with Crippen molar-refractivity contribution in [3.05, 3.63) is 71.0 Å². The van der Waals surface area contributed by atoms with E-state index in [9.17, 15) is 17.6 Å². The zero-order valence-corrected chi connectivity index (χ0v) is 17.2. The van der Waals surface area contributed by atoms with Crippen molar-refractivity contribution in [1.82, 2.24) is 9.45 Å². The molecule has 0 saturated carbocycles. The molecule has 0 fully saturated rings. The Hall–Kier alpha value is -2.66. The molecule has 3 rings (SSSR count). The second-order valence-electron chi connectivity index (χ2n) is 5.85. The molecule has 1 heterocycles. The van der Waals surface area contributed by atoms with Gasteiger partial charge >= 0.3 is 5.97 Å². The molecule has 10 heteroatoms. The van der Waals surface area contributed by atoms with Crippen LogP contribution in [0.4, 0.5) is 4.39 Å². The number of carbonyl (C=O) groups is 1. The lowest BCUT2D eigenvalue weighted by Crippen LogP contribution is -2.25. The lowest BCUT2D eigenvalue weighted by Gasteiger charge is -2.14. The predicted molar refractivity (Wildman–Crippen MR) is 105 cm³/mol. The number of nitrogens with zero attached hydrogens (tertiary/aromatic N) is 2. The molecule has 1 aromatic heterocycles. The normalized spacial score (nSPS) is 11.6. The molecule has 29 heavy (non-hydrogen) atoms. The summed E-state index contributed by atoms with van der Waals surface area (Å²) in [6.07, 6.45) is 0. The van der Waals surface area contributed by atoms with Crippen LogP contribution in [0.1, 0.15) is 16.1 Å². The standard InChI is InChI=1S/C19H17FN2O5S2/c1-22(26-2)29(24,25)17-5-3-4-14(10-17)19(23)27-11-16-12-28-18(21-16)13-6-8-15(20)9-7-13/h3-10,12H,11H2,1-2H3. The van der Waals surface area contributed by atoms with Crippen molar-refractivity contribution in [1.29, 1.82) is 0 Å². The number of hydroxylamine groups is 1. The molecule has 0 spiro atoms. The minimum absolute atomic E-state index is 0.0779. The highest BCUT2D eigenvalue weighted by atomic mass is 32.2. The van der Waals surface area contributed by atoms with Crippen molar-refractivity contribution in [2.75, 3.05) is 14.2 Å². The van der Waals surface area contributed by atoms with Crippen molar-refractivity contribution in [2.45, 2.75) is 11.5 Å². The summed E-state index contributed by atoms with van der Waals surface area (Å²) in [5, 5.41) is 2.41. The van der Waals surface area contributed by atoms with E-state index in [0.29, 0.717) is 15.2 Å². The highest BCUT2D eigenvalue weighted by Gasteiger charge is 2.22. The summed E-state index contributed by atoms with van der Waals surface area (Å²) in [6, 6.07) is 11.4. The second-order valence-corrected chi connectivity index (χ2v) is 8.65. The average Bonchev–Trinajstić information content (AvgIpc) is 3.21. The van der Waals surface area contributed by atoms with Crippen molar-refractivity contribution >= 4 is 27.3 Å². The number of hydrogen-bond donors (Lipinski definition) is 0. The Labute approximate surface area is 171 Å². The average molecular weight is 436 g/mol. The largest absolute Gasteiger partial charge is 0.456 e. The van der Waals surface area contributed by atoms with Gasteiger partial charge in [0.15, 0.2) is 0 Å². The van der Waals surface area contributed by atoms with Gasteiger partial charge in [-0.1, -0.05) is 10.5 Å². The topological polar surface area (TPSA) is 85.8 Å². The highest BCUT2D eigenvalue weighted by Crippen LogP contribution is 2.24. The quantitative estimate of drug-likeness (QED) is 0.416. The number of hydrogen-bond acceptors (Lipinski definition) is 7. The summed E-state index contributed by atoms with van der Waals surface area (Å²) in [5.74, 6) is -1.01. The number of thiazole rings is 1. The summed E-state index contributed by atoms with van der Waals surface area (Å²) in [4.78, 5) is 21.3. The first-order valence-corrected chi connectivity index (χ1v) is 10.6. The van der Waals surface area contributed by atoms with E-state index in [1.54, 1.807) is 17.5 Å². The summed E-state index contributed by atoms with van der Waals surface area (Å²) < 4.78 is 43.5. The van der Waals surface area contributed by atoms with Gasteiger partial charge in [-0.3, -0.25) is 4.84 Å². The summed E-state index contributed by atoms with van der Waals surface area (Å²) in [5.41, 5.74) is 1.38. The molecule has 0 radical (unpaired) electrons. The van der Waals surface area contributed by atoms with Crippen molar-refractivity contribution < 1.29 is 27.2 Å². The van der Waals surface area contributed by atoms with Gasteiger partial charge in [0.05, 0.1) is 23.3 Å². The number of benzene rings is 2. The molecule has 0 saturated heterocycles. The third kappa shape index (κ3) is 4.85. The number of ether oxygens (including phenoxy) is 1. The fraction of sp³-hybridized carbons (Fsp3) is 0.158. The first-order chi connectivity index (χ1) is 13.8. The Bertz CT molecular complexity index is 1110. The fourth-order valence-electron chi connectivity index (χ4n) is 2.35. The monoisotopic (exact) mass is 436 g/mol. The van der Waals surface area contributed by atoms with E-state index in [4.69, 9.17) is 9.57 Å². The Morgan fingerprint density at radius 1 is 1.21 bits per heavy atom. The number of carbonyl (C=O) groups excluding carboxylic acids is 1. The van der Waals surface area contributed by atoms with Gasteiger partial charge in [0.25, 0.3) is 10.0 Å². The van der Waals surface area contributed by atoms with Crippen LogP contribution >= 0.6 is 11.3 Å². The van der Waals surface area contributed by atoms with E-state index in [1.807, 2.05) is 0 Å². The van der Waals surface area contributed by atoms with Gasteiger partial charge in [-0.25, -0.2) is 22.6 Å². The summed E-state index contributed by atoms with van der Waals surface area (Å²) >= 11 is 1.34. The van der Waals surface area contributed by atoms with Crippen molar-refractivity contribution in [2.24, 2.45) is 0 Å². The molecule has 3 aromatic rings. The van der Waals surface area contributed by atoms with Gasteiger partial charge in [0, 0.05) is 18.0 Å². The van der Waals surface area contributed by atoms with Crippen LogP contribution in [0.3, 0.4) is 0 Å². The van der Waals surface area contributed by atoms with Crippen LogP contribution in [0.25, 0.3) is 10.6 Å². The lowest BCUT2D eigenvalue weighted by molar-refractivity contribution is -0.0258. The maximum Gasteiger partial charge on any atom is 0.338 e. The molecule has 0 bridgehead atoms. The molecule has 0 aliphatic heterocycles. The molecule has 0 aliphatic rings. The molecule has 0 aliphatic carbocycles. The van der Waals surface area contributed by atoms with E-state index in [-0.39, 0.29) is 22.9 Å². The number of sulfonamides is 1. The van der Waals surface area contributed by atoms with Crippen LogP contribution in [0.5, 0.6) is 0 Å². The smallest absolute Gasteiger partial charge is 0.338 e. The van der Waals surface area contributed by atoms with Crippen LogP contribution < -0.4 is 0 Å². The zero-order chi connectivity index (χ0) is 21.0. The fourth-order valence-corrected chi connectivity index (χ4v) is 4.18. The second kappa shape index (κ2) is 8.78. The summed E-state index contributed by atoms with van der Waals surface area (Å²) in [6.45, 7) is -0.0779. The number of aromatic nitrogens is 1. The van der Waals surface area contributed by atoms with Crippen LogP contribution in [0, 0.1) is 5.82 Å². The highest BCUT2D eigenvalue weighted by molar-refractivity contribution is 7.89. The minimum atomic E-state index is -3.88. The van der Waals surface area contributed by atoms with Crippen molar-refractivity contribution in [3.63, 3.8) is 0 Å². The lowest BCUT2D eigenvalue weighted by atomic mass is 10.2. The SMILES string of the molecule is CON(C)S(=O)(=O)c1cccc(C(=O)OCc2csc(-c3ccc(F)cc3)n2)c1. The Kier molecular flexibility index (Phi) is 6.38. The number of halogens is 1. The van der Waals surface area contributed by atoms with Crippen LogP contribution in [0.2, 0.25) is 0 Å². The minimum Gasteiger partial charge on any atom is -0.456 e. The van der Waals surface area contributed by atoms with Crippen molar-refractivity contribution in [3.8, 4) is 10.6 Å². The Morgan fingerprint density at radius 3 is 2.62 bits per heavy atom. The molecule has 0 atom stereocenters. The maximum atomic E-state index is 13.0. The van der Waals surface area contributed by atoms with Gasteiger partial charge in [0.1, 0.15) is 17.4 Å². The third-order valence-corrected chi connectivity index (χ3v) is 6.57. The third-order valence-electron chi connectivity index (χ3n) is 3.96. The van der Waals surface area contributed by atoms with Crippen LogP contribution in [0.15, 0.2) is 58.8 Å². The van der Waals surface area contributed by atoms with Crippen LogP contribution in [-0.4, -0.2) is 38.0 Å². The van der Waals surface area contributed by atoms with Gasteiger partial charge in [-0.05, 0) is 42.5 Å². The molecule has 7 nitrogen and oxygen atoms in total. The molecule has 2 aromatic carbocycles. The maximum absolute atomic E-state index is 13.0. The van der Waals surface area contributed by atoms with Gasteiger partial charge < -0.3 is 4.74 Å². The first kappa shape index (κ1) is 21.1. The summed E-state index contributed by atoms with van der Waals surface area (Å²) in [7, 11) is -1.40. The number of rotatable bonds is 7. The van der Waals surface area contributed by atoms with E-state index in [0.717, 1.165) is 5.56 Å².